The number of carbonyl (C=O) groups is 4. The molecule has 6 rings (SSSR count). The van der Waals surface area contributed by atoms with Crippen LogP contribution in [0.25, 0.3) is 11.0 Å². The Morgan fingerprint density at radius 2 is 1.62 bits per heavy atom. The summed E-state index contributed by atoms with van der Waals surface area (Å²) < 4.78 is 34.5. The minimum atomic E-state index is -1.45. The first-order chi connectivity index (χ1) is 29.8. The number of rotatable bonds is 12. The van der Waals surface area contributed by atoms with Gasteiger partial charge in [0.2, 0.25) is 0 Å². The molecule has 0 radical (unpaired) electrons. The normalized spacial score (nSPS) is 36.1. The van der Waals surface area contributed by atoms with Gasteiger partial charge in [-0.3, -0.25) is 19.1 Å². The third-order valence-corrected chi connectivity index (χ3v) is 13.6. The van der Waals surface area contributed by atoms with Gasteiger partial charge in [-0.05, 0) is 79.6 Å². The topological polar surface area (TPSA) is 223 Å². The van der Waals surface area contributed by atoms with E-state index in [4.69, 9.17) is 23.7 Å². The minimum Gasteiger partial charge on any atom is -0.458 e. The van der Waals surface area contributed by atoms with E-state index in [9.17, 15) is 29.4 Å². The average Bonchev–Trinajstić information content (AvgIpc) is 3.95. The number of Topliss-reactive ketones (excluding diaryl/α,β-unsaturated/α-hetero) is 2. The van der Waals surface area contributed by atoms with E-state index < -0.39 is 102 Å². The Morgan fingerprint density at radius 1 is 0.921 bits per heavy atom. The number of ketones is 2. The van der Waals surface area contributed by atoms with Crippen LogP contribution in [-0.2, 0) is 51.2 Å². The fourth-order valence-corrected chi connectivity index (χ4v) is 10.1. The van der Waals surface area contributed by atoms with Crippen molar-refractivity contribution in [2.75, 3.05) is 27.7 Å². The molecule has 0 aliphatic carbocycles. The second kappa shape index (κ2) is 19.4. The zero-order valence-corrected chi connectivity index (χ0v) is 38.4. The van der Waals surface area contributed by atoms with Gasteiger partial charge in [0.1, 0.15) is 35.1 Å². The fourth-order valence-electron chi connectivity index (χ4n) is 10.1. The van der Waals surface area contributed by atoms with Crippen molar-refractivity contribution in [3.05, 3.63) is 36.2 Å². The molecule has 1 aromatic carbocycles. The predicted octanol–water partition coefficient (Wildman–Crippen LogP) is 3.03. The zero-order valence-electron chi connectivity index (χ0n) is 38.4. The van der Waals surface area contributed by atoms with Gasteiger partial charge in [-0.1, -0.05) is 50.3 Å². The minimum absolute atomic E-state index is 0.0639. The van der Waals surface area contributed by atoms with Crippen molar-refractivity contribution in [1.82, 2.24) is 39.8 Å². The Labute approximate surface area is 368 Å². The Hall–Kier alpha value is -4.40. The van der Waals surface area contributed by atoms with Crippen molar-refractivity contribution < 1.29 is 53.1 Å². The third-order valence-electron chi connectivity index (χ3n) is 13.6. The van der Waals surface area contributed by atoms with Gasteiger partial charge in [-0.15, -0.1) is 10.2 Å². The smallest absolute Gasteiger partial charge is 0.410 e. The largest absolute Gasteiger partial charge is 0.458 e. The van der Waals surface area contributed by atoms with Crippen LogP contribution >= 0.6 is 0 Å². The number of esters is 1. The number of aliphatic hydroxyl groups excluding tert-OH is 2. The molecule has 3 aromatic rings. The van der Waals surface area contributed by atoms with Crippen LogP contribution in [0.2, 0.25) is 0 Å². The highest BCUT2D eigenvalue weighted by Gasteiger charge is 2.60. The lowest BCUT2D eigenvalue weighted by molar-refractivity contribution is -0.313. The van der Waals surface area contributed by atoms with Crippen molar-refractivity contribution in [3.8, 4) is 0 Å². The summed E-state index contributed by atoms with van der Waals surface area (Å²) in [6.45, 7) is 14.6. The van der Waals surface area contributed by atoms with E-state index in [1.165, 1.54) is 14.0 Å². The van der Waals surface area contributed by atoms with Crippen LogP contribution in [0.3, 0.4) is 0 Å². The maximum absolute atomic E-state index is 14.8. The van der Waals surface area contributed by atoms with Crippen LogP contribution < -0.4 is 0 Å². The molecular formula is C44H66N8O11. The maximum Gasteiger partial charge on any atom is 0.410 e. The standard InChI is InChI=1S/C44H66N8O11/c1-12-32-44(8)38(51(42(58)63-44)20-16-15-19-50-22-29(45-47-50)23-52-31-18-14-13-17-30(31)46-48-52)25(3)34(53)24(2)21-43(7,59-11)39(26(4)35(54)27(5)40(57)61-32)62-41-37(56)33(49(9)10)36(55)28(6)60-41/h13-14,17-18,22,24-28,32-33,36-39,41,55-56H,12,15-16,19-21,23H2,1-11H3/t24-,25+,26+,27-,28-,32-,33+,36-,37-,38?,39-,41+,43+,44-/m1/s1. The summed E-state index contributed by atoms with van der Waals surface area (Å²) in [4.78, 5) is 60.3. The number of hydrogen-bond donors (Lipinski definition) is 2. The molecule has 3 fully saturated rings. The molecule has 19 heteroatoms. The Morgan fingerprint density at radius 3 is 2.30 bits per heavy atom. The second-order valence-corrected chi connectivity index (χ2v) is 18.4. The molecule has 1 amide bonds. The Bertz CT molecular complexity index is 2100. The number of amides is 1. The summed E-state index contributed by atoms with van der Waals surface area (Å²) >= 11 is 0. The lowest BCUT2D eigenvalue weighted by atomic mass is 9.73. The van der Waals surface area contributed by atoms with Crippen LogP contribution in [-0.4, -0.2) is 161 Å². The molecule has 14 atom stereocenters. The van der Waals surface area contributed by atoms with Crippen LogP contribution in [0.1, 0.15) is 86.8 Å². The zero-order chi connectivity index (χ0) is 46.1. The Kier molecular flexibility index (Phi) is 14.8. The van der Waals surface area contributed by atoms with Gasteiger partial charge in [-0.25, -0.2) is 9.48 Å². The molecule has 348 valence electrons. The number of aliphatic hydroxyl groups is 2. The number of fused-ring (bicyclic) bond motifs is 2. The number of ether oxygens (including phenoxy) is 5. The fraction of sp³-hybridized carbons (Fsp3) is 0.727. The molecule has 63 heavy (non-hydrogen) atoms. The molecule has 19 nitrogen and oxygen atoms in total. The highest BCUT2D eigenvalue weighted by atomic mass is 16.7. The molecule has 2 aromatic heterocycles. The molecule has 0 saturated carbocycles. The van der Waals surface area contributed by atoms with Crippen LogP contribution in [0.5, 0.6) is 0 Å². The van der Waals surface area contributed by atoms with E-state index in [-0.39, 0.29) is 25.2 Å². The van der Waals surface area contributed by atoms with Crippen molar-refractivity contribution in [1.29, 1.82) is 0 Å². The molecule has 3 aliphatic rings. The number of hydrogen-bond acceptors (Lipinski definition) is 16. The van der Waals surface area contributed by atoms with E-state index in [1.807, 2.05) is 30.5 Å². The number of aromatic nitrogens is 6. The van der Waals surface area contributed by atoms with Gasteiger partial charge < -0.3 is 43.7 Å². The molecule has 2 N–H and O–H groups in total. The lowest BCUT2D eigenvalue weighted by Gasteiger charge is -2.48. The van der Waals surface area contributed by atoms with Crippen LogP contribution in [0.15, 0.2) is 30.5 Å². The van der Waals surface area contributed by atoms with E-state index in [0.717, 1.165) is 11.0 Å². The monoisotopic (exact) mass is 882 g/mol. The highest BCUT2D eigenvalue weighted by Crippen LogP contribution is 2.43. The van der Waals surface area contributed by atoms with Gasteiger partial charge in [-0.2, -0.15) is 0 Å². The van der Waals surface area contributed by atoms with Crippen molar-refractivity contribution in [3.63, 3.8) is 0 Å². The highest BCUT2D eigenvalue weighted by molar-refractivity contribution is 6.00. The molecule has 3 aliphatic heterocycles. The molecule has 3 saturated heterocycles. The van der Waals surface area contributed by atoms with E-state index in [1.54, 1.807) is 81.7 Å². The van der Waals surface area contributed by atoms with Crippen LogP contribution in [0, 0.1) is 23.7 Å². The van der Waals surface area contributed by atoms with E-state index >= 15 is 0 Å². The lowest BCUT2D eigenvalue weighted by Crippen LogP contribution is -2.64. The van der Waals surface area contributed by atoms with Crippen molar-refractivity contribution in [2.45, 2.75) is 154 Å². The second-order valence-electron chi connectivity index (χ2n) is 18.4. The van der Waals surface area contributed by atoms with Gasteiger partial charge in [0.25, 0.3) is 0 Å². The third kappa shape index (κ3) is 9.54. The average molecular weight is 883 g/mol. The van der Waals surface area contributed by atoms with Crippen LogP contribution in [0.4, 0.5) is 4.79 Å². The molecular weight excluding hydrogens is 817 g/mol. The number of cyclic esters (lactones) is 1. The summed E-state index contributed by atoms with van der Waals surface area (Å²) in [7, 11) is 4.89. The summed E-state index contributed by atoms with van der Waals surface area (Å²) in [6, 6.07) is 6.06. The number of unbranched alkanes of at least 4 members (excludes halogenated alkanes) is 1. The number of nitrogens with zero attached hydrogens (tertiary/aromatic N) is 8. The number of likely N-dealkylation sites (N-methyl/N-ethyl adjacent to an activating group) is 1. The predicted molar refractivity (Wildman–Crippen MR) is 227 cm³/mol. The summed E-state index contributed by atoms with van der Waals surface area (Å²) in [5.41, 5.74) is -0.408. The van der Waals surface area contributed by atoms with Crippen molar-refractivity contribution in [2.24, 2.45) is 23.7 Å². The SMILES string of the molecule is CC[C@H]1OC(=O)[C@H](C)C(=O)[C@H](C)[C@@H](O[C@@H]2O[C@H](C)[C@@H](O)[C@H](N(C)C)[C@H]2O)[C@@](C)(OC)C[C@@H](C)C(=O)[C@H](C)C2N(CCCCn3cc(Cn4nnc5ccccc54)nn3)C(=O)O[C@@]21C. The van der Waals surface area contributed by atoms with Gasteiger partial charge in [0.05, 0.1) is 54.3 Å². The van der Waals surface area contributed by atoms with Gasteiger partial charge in [0, 0.05) is 38.0 Å². The summed E-state index contributed by atoms with van der Waals surface area (Å²) in [5.74, 6) is -5.36. The Balaban J connectivity index is 1.24. The summed E-state index contributed by atoms with van der Waals surface area (Å²) in [5, 5.41) is 39.4. The van der Waals surface area contributed by atoms with Crippen molar-refractivity contribution >= 4 is 34.7 Å². The van der Waals surface area contributed by atoms with E-state index in [0.29, 0.717) is 31.6 Å². The first kappa shape index (κ1) is 48.1. The van der Waals surface area contributed by atoms with Gasteiger partial charge in [0.15, 0.2) is 17.7 Å². The number of methoxy groups -OCH3 is 1. The van der Waals surface area contributed by atoms with E-state index in [2.05, 4.69) is 20.6 Å². The summed E-state index contributed by atoms with van der Waals surface area (Å²) in [6.07, 6.45) is -3.91. The number of carbonyl (C=O) groups excluding carboxylic acids is 4. The van der Waals surface area contributed by atoms with Gasteiger partial charge >= 0.3 is 12.1 Å². The number of benzene rings is 1. The molecule has 5 heterocycles. The molecule has 0 spiro atoms. The number of aryl methyl sites for hydroxylation is 1. The molecule has 1 unspecified atom stereocenters. The number of para-hydroxylation sites is 1. The quantitative estimate of drug-likeness (QED) is 0.152. The first-order valence-electron chi connectivity index (χ1n) is 22.1. The maximum atomic E-state index is 14.8. The molecule has 0 bridgehead atoms. The first-order valence-corrected chi connectivity index (χ1v) is 22.1.